The molecule has 0 aliphatic carbocycles. The number of amides is 2. The van der Waals surface area contributed by atoms with Crippen LogP contribution >= 0.6 is 22.9 Å². The maximum Gasteiger partial charge on any atom is 0.313 e. The number of benzene rings is 2. The average Bonchev–Trinajstić information content (AvgIpc) is 3.33. The lowest BCUT2D eigenvalue weighted by Crippen LogP contribution is -2.43. The van der Waals surface area contributed by atoms with Crippen molar-refractivity contribution in [1.82, 2.24) is 10.2 Å². The van der Waals surface area contributed by atoms with E-state index in [0.717, 1.165) is 25.1 Å². The second-order valence-electron chi connectivity index (χ2n) is 7.53. The van der Waals surface area contributed by atoms with Gasteiger partial charge in [-0.25, -0.2) is 0 Å². The highest BCUT2D eigenvalue weighted by Crippen LogP contribution is 2.29. The summed E-state index contributed by atoms with van der Waals surface area (Å²) < 4.78 is 0. The molecule has 4 rings (SSSR count). The predicted molar refractivity (Wildman–Crippen MR) is 125 cm³/mol. The van der Waals surface area contributed by atoms with Gasteiger partial charge in [-0.05, 0) is 58.1 Å². The Bertz CT molecular complexity index is 1170. The van der Waals surface area contributed by atoms with Crippen LogP contribution < -0.4 is 10.6 Å². The smallest absolute Gasteiger partial charge is 0.313 e. The highest BCUT2D eigenvalue weighted by atomic mass is 35.5. The number of thiophene rings is 1. The number of halogens is 1. The third-order valence-electron chi connectivity index (χ3n) is 5.54. The van der Waals surface area contributed by atoms with Gasteiger partial charge in [0.05, 0.1) is 17.3 Å². The Morgan fingerprint density at radius 3 is 2.72 bits per heavy atom. The van der Waals surface area contributed by atoms with E-state index in [4.69, 9.17) is 11.6 Å². The number of carbonyl (C=O) groups is 2. The highest BCUT2D eigenvalue weighted by molar-refractivity contribution is 7.08. The van der Waals surface area contributed by atoms with Gasteiger partial charge in [0.2, 0.25) is 0 Å². The first-order chi connectivity index (χ1) is 15.5. The molecule has 8 heteroatoms. The summed E-state index contributed by atoms with van der Waals surface area (Å²) in [6, 6.07) is 16.9. The van der Waals surface area contributed by atoms with Crippen LogP contribution in [0.3, 0.4) is 0 Å². The van der Waals surface area contributed by atoms with E-state index in [2.05, 4.69) is 39.1 Å². The first-order valence-electron chi connectivity index (χ1n) is 10.2. The van der Waals surface area contributed by atoms with Crippen molar-refractivity contribution >= 4 is 40.4 Å². The molecular formula is C24H21ClN4O2S. The molecule has 1 atom stereocenters. The maximum absolute atomic E-state index is 12.5. The van der Waals surface area contributed by atoms with Crippen LogP contribution in [-0.2, 0) is 22.6 Å². The van der Waals surface area contributed by atoms with E-state index in [9.17, 15) is 14.9 Å². The van der Waals surface area contributed by atoms with E-state index in [1.54, 1.807) is 17.4 Å². The predicted octanol–water partition coefficient (Wildman–Crippen LogP) is 4.13. The zero-order valence-electron chi connectivity index (χ0n) is 17.2. The molecule has 0 spiro atoms. The van der Waals surface area contributed by atoms with E-state index < -0.39 is 11.8 Å². The van der Waals surface area contributed by atoms with Gasteiger partial charge in [0, 0.05) is 24.7 Å². The van der Waals surface area contributed by atoms with Gasteiger partial charge in [0.1, 0.15) is 6.07 Å². The van der Waals surface area contributed by atoms with Crippen molar-refractivity contribution in [3.8, 4) is 6.07 Å². The van der Waals surface area contributed by atoms with E-state index in [1.165, 1.54) is 23.3 Å². The van der Waals surface area contributed by atoms with Crippen LogP contribution in [0.1, 0.15) is 28.3 Å². The van der Waals surface area contributed by atoms with Crippen LogP contribution in [0.15, 0.2) is 59.3 Å². The van der Waals surface area contributed by atoms with E-state index in [0.29, 0.717) is 11.6 Å². The van der Waals surface area contributed by atoms with Gasteiger partial charge in [-0.15, -0.1) is 0 Å². The lowest BCUT2D eigenvalue weighted by molar-refractivity contribution is -0.136. The molecule has 6 nitrogen and oxygen atoms in total. The van der Waals surface area contributed by atoms with Crippen molar-refractivity contribution in [2.45, 2.75) is 19.0 Å². The van der Waals surface area contributed by atoms with Crippen molar-refractivity contribution in [2.24, 2.45) is 0 Å². The number of anilines is 1. The highest BCUT2D eigenvalue weighted by Gasteiger charge is 2.26. The molecule has 162 valence electrons. The van der Waals surface area contributed by atoms with Crippen molar-refractivity contribution < 1.29 is 9.59 Å². The maximum atomic E-state index is 12.5. The molecule has 2 amide bonds. The largest absolute Gasteiger partial charge is 0.346 e. The number of fused-ring (bicyclic) bond motifs is 1. The third-order valence-corrected chi connectivity index (χ3v) is 6.48. The Labute approximate surface area is 195 Å². The second kappa shape index (κ2) is 9.96. The van der Waals surface area contributed by atoms with Gasteiger partial charge in [-0.1, -0.05) is 35.9 Å². The summed E-state index contributed by atoms with van der Waals surface area (Å²) in [4.78, 5) is 27.3. The Hall–Kier alpha value is -3.18. The Morgan fingerprint density at radius 2 is 1.97 bits per heavy atom. The molecule has 32 heavy (non-hydrogen) atoms. The summed E-state index contributed by atoms with van der Waals surface area (Å²) in [6.07, 6.45) is 0.941. The Kier molecular flexibility index (Phi) is 6.86. The van der Waals surface area contributed by atoms with Gasteiger partial charge in [0.15, 0.2) is 0 Å². The molecule has 0 bridgehead atoms. The molecule has 1 unspecified atom stereocenters. The lowest BCUT2D eigenvalue weighted by Gasteiger charge is -2.35. The molecule has 2 aromatic carbocycles. The quantitative estimate of drug-likeness (QED) is 0.556. The number of nitrogens with one attached hydrogen (secondary N) is 2. The van der Waals surface area contributed by atoms with Gasteiger partial charge >= 0.3 is 11.8 Å². The molecule has 0 saturated heterocycles. The van der Waals surface area contributed by atoms with Crippen molar-refractivity contribution in [1.29, 1.82) is 5.26 Å². The summed E-state index contributed by atoms with van der Waals surface area (Å²) >= 11 is 7.56. The van der Waals surface area contributed by atoms with E-state index >= 15 is 0 Å². The minimum Gasteiger partial charge on any atom is -0.346 e. The Morgan fingerprint density at radius 1 is 1.16 bits per heavy atom. The van der Waals surface area contributed by atoms with E-state index in [-0.39, 0.29) is 17.3 Å². The van der Waals surface area contributed by atoms with Crippen LogP contribution in [-0.4, -0.2) is 29.8 Å². The van der Waals surface area contributed by atoms with Crippen molar-refractivity contribution in [3.63, 3.8) is 0 Å². The number of hydrogen-bond donors (Lipinski definition) is 2. The number of nitriles is 1. The molecule has 2 heterocycles. The minimum atomic E-state index is -0.836. The van der Waals surface area contributed by atoms with Gasteiger partial charge < -0.3 is 10.6 Å². The molecule has 1 aliphatic heterocycles. The fraction of sp³-hybridized carbons (Fsp3) is 0.208. The lowest BCUT2D eigenvalue weighted by atomic mass is 9.97. The molecule has 3 aromatic rings. The third kappa shape index (κ3) is 5.00. The molecule has 0 fully saturated rings. The topological polar surface area (TPSA) is 85.2 Å². The summed E-state index contributed by atoms with van der Waals surface area (Å²) in [5.41, 5.74) is 4.19. The zero-order valence-corrected chi connectivity index (χ0v) is 18.7. The Balaban J connectivity index is 1.44. The standard InChI is InChI=1S/C24H21ClN4O2S/c25-20-6-5-17(12-26)21(11-20)28-24(31)23(30)27-13-22(19-8-10-32-15-19)29-9-7-16-3-1-2-4-18(16)14-29/h1-6,8,10-11,15,22H,7,9,13-14H2,(H,27,30)(H,28,31). The van der Waals surface area contributed by atoms with Crippen molar-refractivity contribution in [2.75, 3.05) is 18.4 Å². The summed E-state index contributed by atoms with van der Waals surface area (Å²) in [5, 5.41) is 18.9. The fourth-order valence-electron chi connectivity index (χ4n) is 3.87. The first kappa shape index (κ1) is 22.0. The fourth-order valence-corrected chi connectivity index (χ4v) is 4.75. The van der Waals surface area contributed by atoms with Gasteiger partial charge in [-0.2, -0.15) is 16.6 Å². The molecule has 2 N–H and O–H groups in total. The molecule has 0 radical (unpaired) electrons. The van der Waals surface area contributed by atoms with Gasteiger partial charge in [0.25, 0.3) is 0 Å². The van der Waals surface area contributed by atoms with Crippen molar-refractivity contribution in [3.05, 3.63) is 86.6 Å². The average molecular weight is 465 g/mol. The molecule has 0 saturated carbocycles. The molecule has 1 aliphatic rings. The first-order valence-corrected chi connectivity index (χ1v) is 11.5. The summed E-state index contributed by atoms with van der Waals surface area (Å²) in [7, 11) is 0. The van der Waals surface area contributed by atoms with Crippen LogP contribution in [0.5, 0.6) is 0 Å². The monoisotopic (exact) mass is 464 g/mol. The molecular weight excluding hydrogens is 444 g/mol. The number of nitrogens with zero attached hydrogens (tertiary/aromatic N) is 2. The van der Waals surface area contributed by atoms with Crippen LogP contribution in [0.25, 0.3) is 0 Å². The number of carbonyl (C=O) groups excluding carboxylic acids is 2. The van der Waals surface area contributed by atoms with Crippen LogP contribution in [0.4, 0.5) is 5.69 Å². The zero-order chi connectivity index (χ0) is 22.5. The SMILES string of the molecule is N#Cc1ccc(Cl)cc1NC(=O)C(=O)NCC(c1ccsc1)N1CCc2ccccc2C1. The number of hydrogen-bond acceptors (Lipinski definition) is 5. The van der Waals surface area contributed by atoms with Crippen LogP contribution in [0, 0.1) is 11.3 Å². The minimum absolute atomic E-state index is 0.0489. The van der Waals surface area contributed by atoms with Gasteiger partial charge in [-0.3, -0.25) is 14.5 Å². The summed E-state index contributed by atoms with van der Waals surface area (Å²) in [6.45, 7) is 1.95. The normalized spacial score (nSPS) is 14.1. The second-order valence-corrected chi connectivity index (χ2v) is 8.74. The van der Waals surface area contributed by atoms with E-state index in [1.807, 2.05) is 23.6 Å². The summed E-state index contributed by atoms with van der Waals surface area (Å²) in [5.74, 6) is -1.59. The molecule has 1 aromatic heterocycles. The van der Waals surface area contributed by atoms with Crippen LogP contribution in [0.2, 0.25) is 5.02 Å². The number of rotatable bonds is 5.